The van der Waals surface area contributed by atoms with Crippen molar-refractivity contribution in [2.24, 2.45) is 0 Å². The molecule has 33 heavy (non-hydrogen) atoms. The molecule has 178 valence electrons. The highest BCUT2D eigenvalue weighted by atomic mass is 16.5. The summed E-state index contributed by atoms with van der Waals surface area (Å²) in [5.41, 5.74) is 0.652. The number of hydrogen-bond donors (Lipinski definition) is 0. The lowest BCUT2D eigenvalue weighted by Gasteiger charge is -2.15. The minimum Gasteiger partial charge on any atom is -0.496 e. The predicted octanol–water partition coefficient (Wildman–Crippen LogP) is 5.84. The van der Waals surface area contributed by atoms with E-state index < -0.39 is 0 Å². The monoisotopic (exact) mass is 456 g/mol. The van der Waals surface area contributed by atoms with Crippen LogP contribution >= 0.6 is 0 Å². The van der Waals surface area contributed by atoms with E-state index in [-0.39, 0.29) is 11.2 Å². The molecular formula is C26H32O7. The quantitative estimate of drug-likeness (QED) is 0.317. The number of rotatable bonds is 12. The second kappa shape index (κ2) is 11.5. The third-order valence-electron chi connectivity index (χ3n) is 5.26. The molecule has 0 N–H and O–H groups in total. The van der Waals surface area contributed by atoms with Gasteiger partial charge in [0.1, 0.15) is 22.5 Å². The Hall–Kier alpha value is -3.35. The molecule has 7 heteroatoms. The first-order chi connectivity index (χ1) is 16.1. The highest BCUT2D eigenvalue weighted by Crippen LogP contribution is 2.39. The molecule has 0 unspecified atom stereocenters. The van der Waals surface area contributed by atoms with Crippen molar-refractivity contribution in [3.05, 3.63) is 40.6 Å². The van der Waals surface area contributed by atoms with Crippen LogP contribution < -0.4 is 29.1 Å². The van der Waals surface area contributed by atoms with E-state index in [4.69, 9.17) is 28.1 Å². The Balaban J connectivity index is 2.13. The molecule has 2 aromatic carbocycles. The third-order valence-corrected chi connectivity index (χ3v) is 5.26. The SMILES string of the molecule is CCCCOc1cc(OC)c2c(=O)c(OC)c(-c3ccc(OCCCC)c(OC)c3)oc2c1. The summed E-state index contributed by atoms with van der Waals surface area (Å²) in [5, 5.41) is 0.299. The Labute approximate surface area is 194 Å². The number of hydrogen-bond acceptors (Lipinski definition) is 7. The van der Waals surface area contributed by atoms with Gasteiger partial charge in [0.05, 0.1) is 34.5 Å². The summed E-state index contributed by atoms with van der Waals surface area (Å²) >= 11 is 0. The average Bonchev–Trinajstić information content (AvgIpc) is 2.83. The van der Waals surface area contributed by atoms with Crippen LogP contribution in [0, 0.1) is 0 Å². The summed E-state index contributed by atoms with van der Waals surface area (Å²) in [7, 11) is 4.52. The summed E-state index contributed by atoms with van der Waals surface area (Å²) in [6.07, 6.45) is 3.92. The van der Waals surface area contributed by atoms with E-state index in [1.54, 1.807) is 31.4 Å². The van der Waals surface area contributed by atoms with Crippen molar-refractivity contribution in [1.29, 1.82) is 0 Å². The fourth-order valence-electron chi connectivity index (χ4n) is 3.45. The molecule has 1 heterocycles. The van der Waals surface area contributed by atoms with Crippen LogP contribution in [0.4, 0.5) is 0 Å². The molecule has 0 amide bonds. The lowest BCUT2D eigenvalue weighted by atomic mass is 10.1. The minimum atomic E-state index is -0.326. The van der Waals surface area contributed by atoms with E-state index in [0.717, 1.165) is 25.7 Å². The number of ether oxygens (including phenoxy) is 5. The average molecular weight is 457 g/mol. The van der Waals surface area contributed by atoms with Crippen LogP contribution in [0.25, 0.3) is 22.3 Å². The molecule has 0 aliphatic carbocycles. The van der Waals surface area contributed by atoms with E-state index in [0.29, 0.717) is 58.5 Å². The van der Waals surface area contributed by atoms with Crippen LogP contribution in [0.5, 0.6) is 28.7 Å². The van der Waals surface area contributed by atoms with Crippen molar-refractivity contribution in [3.63, 3.8) is 0 Å². The number of benzene rings is 2. The second-order valence-electron chi connectivity index (χ2n) is 7.56. The summed E-state index contributed by atoms with van der Waals surface area (Å²) < 4.78 is 34.3. The first-order valence-electron chi connectivity index (χ1n) is 11.2. The lowest BCUT2D eigenvalue weighted by molar-refractivity contribution is 0.288. The van der Waals surface area contributed by atoms with Gasteiger partial charge in [0.2, 0.25) is 11.2 Å². The topological polar surface area (TPSA) is 76.4 Å². The second-order valence-corrected chi connectivity index (χ2v) is 7.56. The van der Waals surface area contributed by atoms with Gasteiger partial charge in [-0.2, -0.15) is 0 Å². The third kappa shape index (κ3) is 5.35. The maximum atomic E-state index is 13.3. The summed E-state index contributed by atoms with van der Waals surface area (Å²) in [6.45, 7) is 5.36. The number of methoxy groups -OCH3 is 3. The smallest absolute Gasteiger partial charge is 0.239 e. The Bertz CT molecular complexity index is 1130. The predicted molar refractivity (Wildman–Crippen MR) is 128 cm³/mol. The van der Waals surface area contributed by atoms with E-state index in [2.05, 4.69) is 13.8 Å². The summed E-state index contributed by atoms with van der Waals surface area (Å²) in [4.78, 5) is 13.3. The Morgan fingerprint density at radius 2 is 1.48 bits per heavy atom. The van der Waals surface area contributed by atoms with Crippen molar-refractivity contribution >= 4 is 11.0 Å². The van der Waals surface area contributed by atoms with Gasteiger partial charge in [0, 0.05) is 17.7 Å². The lowest BCUT2D eigenvalue weighted by Crippen LogP contribution is -2.09. The number of fused-ring (bicyclic) bond motifs is 1. The summed E-state index contributed by atoms with van der Waals surface area (Å²) in [5.74, 6) is 2.50. The van der Waals surface area contributed by atoms with Gasteiger partial charge in [-0.3, -0.25) is 4.79 Å². The van der Waals surface area contributed by atoms with Gasteiger partial charge in [-0.25, -0.2) is 0 Å². The molecule has 3 rings (SSSR count). The van der Waals surface area contributed by atoms with E-state index >= 15 is 0 Å². The Morgan fingerprint density at radius 3 is 2.12 bits per heavy atom. The largest absolute Gasteiger partial charge is 0.496 e. The van der Waals surface area contributed by atoms with E-state index in [9.17, 15) is 4.79 Å². The highest BCUT2D eigenvalue weighted by molar-refractivity contribution is 5.88. The maximum Gasteiger partial charge on any atom is 0.239 e. The van der Waals surface area contributed by atoms with Gasteiger partial charge >= 0.3 is 0 Å². The Morgan fingerprint density at radius 1 is 0.788 bits per heavy atom. The minimum absolute atomic E-state index is 0.0853. The molecule has 0 spiro atoms. The molecular weight excluding hydrogens is 424 g/mol. The van der Waals surface area contributed by atoms with Crippen LogP contribution in [-0.4, -0.2) is 34.5 Å². The molecule has 0 fully saturated rings. The van der Waals surface area contributed by atoms with Crippen LogP contribution in [0.2, 0.25) is 0 Å². The first kappa shape index (κ1) is 24.3. The normalized spacial score (nSPS) is 10.8. The standard InChI is InChI=1S/C26H32O7/c1-6-8-12-31-18-15-21(29-4)23-22(16-18)33-25(26(30-5)24(23)27)17-10-11-19(20(14-17)28-3)32-13-9-7-2/h10-11,14-16H,6-9,12-13H2,1-5H3. The molecule has 0 aliphatic rings. The van der Waals surface area contributed by atoms with Gasteiger partial charge < -0.3 is 28.1 Å². The molecule has 0 atom stereocenters. The van der Waals surface area contributed by atoms with Crippen LogP contribution in [-0.2, 0) is 0 Å². The summed E-state index contributed by atoms with van der Waals surface area (Å²) in [6, 6.07) is 8.79. The van der Waals surface area contributed by atoms with Gasteiger partial charge in [-0.1, -0.05) is 26.7 Å². The van der Waals surface area contributed by atoms with Crippen LogP contribution in [0.15, 0.2) is 39.5 Å². The van der Waals surface area contributed by atoms with Crippen molar-refractivity contribution < 1.29 is 28.1 Å². The molecule has 3 aromatic rings. The van der Waals surface area contributed by atoms with E-state index in [1.807, 2.05) is 6.07 Å². The van der Waals surface area contributed by atoms with Gasteiger partial charge in [-0.15, -0.1) is 0 Å². The molecule has 0 radical (unpaired) electrons. The molecule has 1 aromatic heterocycles. The zero-order valence-corrected chi connectivity index (χ0v) is 20.0. The van der Waals surface area contributed by atoms with Crippen molar-refractivity contribution in [3.8, 4) is 40.1 Å². The van der Waals surface area contributed by atoms with Gasteiger partial charge in [-0.05, 0) is 31.0 Å². The van der Waals surface area contributed by atoms with Gasteiger partial charge in [0.25, 0.3) is 0 Å². The molecule has 0 saturated heterocycles. The van der Waals surface area contributed by atoms with Crippen molar-refractivity contribution in [2.75, 3.05) is 34.5 Å². The molecule has 0 aliphatic heterocycles. The number of unbranched alkanes of at least 4 members (excludes halogenated alkanes) is 2. The molecule has 0 saturated carbocycles. The highest BCUT2D eigenvalue weighted by Gasteiger charge is 2.22. The first-order valence-corrected chi connectivity index (χ1v) is 11.2. The zero-order chi connectivity index (χ0) is 23.8. The Kier molecular flexibility index (Phi) is 8.46. The maximum absolute atomic E-state index is 13.3. The van der Waals surface area contributed by atoms with Crippen LogP contribution in [0.3, 0.4) is 0 Å². The molecule has 7 nitrogen and oxygen atoms in total. The van der Waals surface area contributed by atoms with Crippen molar-refractivity contribution in [1.82, 2.24) is 0 Å². The molecule has 0 bridgehead atoms. The fraction of sp³-hybridized carbons (Fsp3) is 0.423. The van der Waals surface area contributed by atoms with Gasteiger partial charge in [0.15, 0.2) is 17.3 Å². The van der Waals surface area contributed by atoms with Crippen molar-refractivity contribution in [2.45, 2.75) is 39.5 Å². The fourth-order valence-corrected chi connectivity index (χ4v) is 3.45. The van der Waals surface area contributed by atoms with E-state index in [1.165, 1.54) is 14.2 Å². The zero-order valence-electron chi connectivity index (χ0n) is 20.0. The van der Waals surface area contributed by atoms with Crippen LogP contribution in [0.1, 0.15) is 39.5 Å².